The van der Waals surface area contributed by atoms with Crippen LogP contribution in [0.15, 0.2) is 0 Å². The standard InChI is InChI=1S/C12H14F5O3Si/c1-4-18-21(19-5-2)20-6(3)7-8(13)10(15)12(17)11(16)9(7)14/h6H,4-5H2,1-3H3. The van der Waals surface area contributed by atoms with E-state index in [-0.39, 0.29) is 13.2 Å². The van der Waals surface area contributed by atoms with E-state index < -0.39 is 50.3 Å². The van der Waals surface area contributed by atoms with Crippen molar-refractivity contribution in [2.45, 2.75) is 26.9 Å². The first-order valence-electron chi connectivity index (χ1n) is 6.15. The largest absolute Gasteiger partial charge is 0.578 e. The molecule has 1 radical (unpaired) electrons. The molecule has 0 saturated carbocycles. The van der Waals surface area contributed by atoms with E-state index in [1.165, 1.54) is 0 Å². The van der Waals surface area contributed by atoms with Gasteiger partial charge in [-0.2, -0.15) is 0 Å². The van der Waals surface area contributed by atoms with Crippen molar-refractivity contribution in [2.24, 2.45) is 0 Å². The molecule has 1 atom stereocenters. The summed E-state index contributed by atoms with van der Waals surface area (Å²) in [6.07, 6.45) is -1.42. The van der Waals surface area contributed by atoms with Gasteiger partial charge in [0, 0.05) is 13.2 Å². The summed E-state index contributed by atoms with van der Waals surface area (Å²) < 4.78 is 81.7. The molecule has 1 aromatic carbocycles. The van der Waals surface area contributed by atoms with Gasteiger partial charge >= 0.3 is 9.53 Å². The highest BCUT2D eigenvalue weighted by Crippen LogP contribution is 2.29. The Morgan fingerprint density at radius 2 is 1.19 bits per heavy atom. The highest BCUT2D eigenvalue weighted by molar-refractivity contribution is 6.36. The van der Waals surface area contributed by atoms with Crippen LogP contribution in [0.1, 0.15) is 32.4 Å². The molecule has 9 heteroatoms. The fourth-order valence-corrected chi connectivity index (χ4v) is 2.62. The Hall–Kier alpha value is -1.03. The fourth-order valence-electron chi connectivity index (χ4n) is 1.53. The summed E-state index contributed by atoms with van der Waals surface area (Å²) >= 11 is 0. The van der Waals surface area contributed by atoms with Gasteiger partial charge in [-0.25, -0.2) is 22.0 Å². The molecule has 1 unspecified atom stereocenters. The summed E-state index contributed by atoms with van der Waals surface area (Å²) in [5.41, 5.74) is -1.05. The Balaban J connectivity index is 3.09. The van der Waals surface area contributed by atoms with Crippen LogP contribution in [-0.2, 0) is 13.3 Å². The third-order valence-corrected chi connectivity index (χ3v) is 4.04. The van der Waals surface area contributed by atoms with Gasteiger partial charge in [0.1, 0.15) is 0 Å². The van der Waals surface area contributed by atoms with Crippen LogP contribution in [-0.4, -0.2) is 22.7 Å². The highest BCUT2D eigenvalue weighted by Gasteiger charge is 2.32. The number of benzene rings is 1. The minimum Gasteiger partial charge on any atom is -0.371 e. The molecule has 0 aliphatic carbocycles. The Morgan fingerprint density at radius 3 is 1.57 bits per heavy atom. The lowest BCUT2D eigenvalue weighted by molar-refractivity contribution is 0.0663. The summed E-state index contributed by atoms with van der Waals surface area (Å²) in [6, 6.07) is 0. The zero-order chi connectivity index (χ0) is 16.2. The van der Waals surface area contributed by atoms with Crippen molar-refractivity contribution in [2.75, 3.05) is 13.2 Å². The first-order valence-corrected chi connectivity index (χ1v) is 7.38. The molecular formula is C12H14F5O3Si. The van der Waals surface area contributed by atoms with Crippen LogP contribution in [0.25, 0.3) is 0 Å². The van der Waals surface area contributed by atoms with Gasteiger partial charge in [-0.15, -0.1) is 0 Å². The lowest BCUT2D eigenvalue weighted by atomic mass is 10.1. The van der Waals surface area contributed by atoms with Gasteiger partial charge in [0.25, 0.3) is 0 Å². The lowest BCUT2D eigenvalue weighted by Crippen LogP contribution is -2.29. The van der Waals surface area contributed by atoms with E-state index in [4.69, 9.17) is 13.3 Å². The van der Waals surface area contributed by atoms with Crippen LogP contribution >= 0.6 is 0 Å². The molecule has 0 fully saturated rings. The highest BCUT2D eigenvalue weighted by atomic mass is 28.3. The SMILES string of the molecule is CCO[Si](OCC)OC(C)c1c(F)c(F)c(F)c(F)c1F. The van der Waals surface area contributed by atoms with Crippen molar-refractivity contribution in [3.63, 3.8) is 0 Å². The molecule has 0 aromatic heterocycles. The lowest BCUT2D eigenvalue weighted by Gasteiger charge is -2.20. The predicted molar refractivity (Wildman–Crippen MR) is 64.7 cm³/mol. The molecule has 3 nitrogen and oxygen atoms in total. The van der Waals surface area contributed by atoms with Crippen LogP contribution in [0, 0.1) is 29.1 Å². The smallest absolute Gasteiger partial charge is 0.371 e. The minimum absolute atomic E-state index is 0.220. The molecule has 1 aromatic rings. The van der Waals surface area contributed by atoms with Crippen molar-refractivity contribution in [1.29, 1.82) is 0 Å². The molecule has 119 valence electrons. The van der Waals surface area contributed by atoms with Crippen molar-refractivity contribution >= 4 is 9.53 Å². The fraction of sp³-hybridized carbons (Fsp3) is 0.500. The second-order valence-electron chi connectivity index (χ2n) is 3.86. The Labute approximate surface area is 120 Å². The molecule has 0 saturated heterocycles. The monoisotopic (exact) mass is 329 g/mol. The third kappa shape index (κ3) is 4.00. The molecule has 21 heavy (non-hydrogen) atoms. The van der Waals surface area contributed by atoms with Gasteiger partial charge in [0.05, 0.1) is 11.7 Å². The van der Waals surface area contributed by atoms with Crippen molar-refractivity contribution in [3.8, 4) is 0 Å². The van der Waals surface area contributed by atoms with Crippen molar-refractivity contribution in [3.05, 3.63) is 34.6 Å². The van der Waals surface area contributed by atoms with Gasteiger partial charge in [0.2, 0.25) is 5.82 Å². The quantitative estimate of drug-likeness (QED) is 0.332. The average Bonchev–Trinajstić information content (AvgIpc) is 2.44. The van der Waals surface area contributed by atoms with E-state index in [0.29, 0.717) is 0 Å². The van der Waals surface area contributed by atoms with Crippen LogP contribution in [0.5, 0.6) is 0 Å². The van der Waals surface area contributed by atoms with Gasteiger partial charge in [0.15, 0.2) is 23.3 Å². The second-order valence-corrected chi connectivity index (χ2v) is 5.17. The number of hydrogen-bond donors (Lipinski definition) is 0. The molecule has 0 aliphatic rings. The molecule has 0 aliphatic heterocycles. The molecular weight excluding hydrogens is 315 g/mol. The molecule has 0 spiro atoms. The maximum atomic E-state index is 13.6. The average molecular weight is 329 g/mol. The number of halogens is 5. The topological polar surface area (TPSA) is 27.7 Å². The van der Waals surface area contributed by atoms with E-state index in [1.54, 1.807) is 13.8 Å². The number of hydrogen-bond acceptors (Lipinski definition) is 3. The number of rotatable bonds is 7. The van der Waals surface area contributed by atoms with E-state index in [1.807, 2.05) is 0 Å². The van der Waals surface area contributed by atoms with Gasteiger partial charge in [-0.3, -0.25) is 0 Å². The Kier molecular flexibility index (Phi) is 6.72. The Morgan fingerprint density at radius 1 is 0.810 bits per heavy atom. The zero-order valence-corrected chi connectivity index (χ0v) is 12.6. The van der Waals surface area contributed by atoms with Crippen molar-refractivity contribution in [1.82, 2.24) is 0 Å². The van der Waals surface area contributed by atoms with Gasteiger partial charge < -0.3 is 13.3 Å². The molecule has 1 rings (SSSR count). The van der Waals surface area contributed by atoms with E-state index in [0.717, 1.165) is 6.92 Å². The van der Waals surface area contributed by atoms with Gasteiger partial charge in [-0.1, -0.05) is 0 Å². The third-order valence-electron chi connectivity index (χ3n) is 2.45. The van der Waals surface area contributed by atoms with Crippen LogP contribution in [0.3, 0.4) is 0 Å². The van der Waals surface area contributed by atoms with E-state index in [2.05, 4.69) is 0 Å². The Bertz CT molecular complexity index is 465. The molecule has 0 N–H and O–H groups in total. The molecule has 0 amide bonds. The first kappa shape index (κ1) is 18.0. The predicted octanol–water partition coefficient (Wildman–Crippen LogP) is 3.52. The zero-order valence-electron chi connectivity index (χ0n) is 11.6. The van der Waals surface area contributed by atoms with E-state index in [9.17, 15) is 22.0 Å². The van der Waals surface area contributed by atoms with Gasteiger partial charge in [-0.05, 0) is 20.8 Å². The molecule has 0 bridgehead atoms. The normalized spacial score (nSPS) is 13.0. The molecule has 0 heterocycles. The summed E-state index contributed by atoms with van der Waals surface area (Å²) in [7, 11) is -2.33. The maximum absolute atomic E-state index is 13.6. The summed E-state index contributed by atoms with van der Waals surface area (Å²) in [6.45, 7) is 4.89. The summed E-state index contributed by atoms with van der Waals surface area (Å²) in [5, 5.41) is 0. The van der Waals surface area contributed by atoms with Crippen LogP contribution in [0.2, 0.25) is 0 Å². The maximum Gasteiger partial charge on any atom is 0.578 e. The van der Waals surface area contributed by atoms with Crippen LogP contribution in [0.4, 0.5) is 22.0 Å². The second kappa shape index (κ2) is 7.83. The van der Waals surface area contributed by atoms with Crippen molar-refractivity contribution < 1.29 is 35.2 Å². The summed E-state index contributed by atoms with van der Waals surface area (Å²) in [5.74, 6) is -10.1. The first-order chi connectivity index (χ1) is 9.84. The minimum atomic E-state index is -2.33. The van der Waals surface area contributed by atoms with E-state index >= 15 is 0 Å². The summed E-state index contributed by atoms with van der Waals surface area (Å²) in [4.78, 5) is 0. The van der Waals surface area contributed by atoms with Crippen LogP contribution < -0.4 is 0 Å².